The molecule has 0 nitrogen and oxygen atoms in total. The van der Waals surface area contributed by atoms with Gasteiger partial charge in [0.2, 0.25) is 0 Å². The molecule has 0 fully saturated rings. The summed E-state index contributed by atoms with van der Waals surface area (Å²) in [5.41, 5.74) is 0. The maximum Gasteiger partial charge on any atom is 0.00711 e. The molecule has 1 aliphatic rings. The zero-order chi connectivity index (χ0) is 5.54. The summed E-state index contributed by atoms with van der Waals surface area (Å²) < 4.78 is 0. The molecule has 0 N–H and O–H groups in total. The van der Waals surface area contributed by atoms with E-state index in [4.69, 9.17) is 0 Å². The molecule has 0 aromatic heterocycles. The highest BCUT2D eigenvalue weighted by atomic mass is 127. The van der Waals surface area contributed by atoms with Crippen molar-refractivity contribution in [3.05, 3.63) is 0 Å². The fourth-order valence-corrected chi connectivity index (χ4v) is 1.37. The lowest BCUT2D eigenvalue weighted by Gasteiger charge is -1.68. The molecule has 0 atom stereocenters. The van der Waals surface area contributed by atoms with Crippen molar-refractivity contribution >= 4 is 47.1 Å². The molecular formula is C4H7BrIP. The van der Waals surface area contributed by atoms with Gasteiger partial charge in [-0.2, -0.15) is 0 Å². The van der Waals surface area contributed by atoms with Crippen molar-refractivity contribution in [3.8, 4) is 0 Å². The molecule has 0 spiro atoms. The van der Waals surface area contributed by atoms with Gasteiger partial charge >= 0.3 is 0 Å². The van der Waals surface area contributed by atoms with Crippen LogP contribution in [0.2, 0.25) is 0 Å². The molecule has 0 unspecified atom stereocenters. The molecule has 0 radical (unpaired) electrons. The van der Waals surface area contributed by atoms with Gasteiger partial charge in [0.05, 0.1) is 0 Å². The maximum absolute atomic E-state index is 2.91. The van der Waals surface area contributed by atoms with Crippen LogP contribution in [-0.4, -0.2) is 12.0 Å². The predicted molar refractivity (Wildman–Crippen MR) is 50.0 cm³/mol. The number of hydrogen-bond acceptors (Lipinski definition) is 0. The molecule has 0 bridgehead atoms. The summed E-state index contributed by atoms with van der Waals surface area (Å²) >= 11 is 4.87. The van der Waals surface area contributed by atoms with Crippen LogP contribution in [0.5, 0.6) is 0 Å². The third-order valence-electron chi connectivity index (χ3n) is 0.750. The average Bonchev–Trinajstić information content (AvgIpc) is 2.23. The van der Waals surface area contributed by atoms with Gasteiger partial charge in [0.1, 0.15) is 0 Å². The molecule has 0 aromatic carbocycles. The normalized spacial score (nSPS) is 18.0. The summed E-state index contributed by atoms with van der Waals surface area (Å²) in [6.45, 7) is 0. The van der Waals surface area contributed by atoms with Crippen molar-refractivity contribution in [1.29, 1.82) is 0 Å². The van der Waals surface area contributed by atoms with Crippen LogP contribution in [0, 0.1) is 0 Å². The van der Waals surface area contributed by atoms with Gasteiger partial charge in [0, 0.05) is 20.4 Å². The zero-order valence-corrected chi connectivity index (χ0v) is 8.54. The topological polar surface area (TPSA) is 0 Å². The van der Waals surface area contributed by atoms with E-state index in [1.165, 1.54) is 19.0 Å². The van der Waals surface area contributed by atoms with Crippen LogP contribution in [0.4, 0.5) is 0 Å². The summed E-state index contributed by atoms with van der Waals surface area (Å²) in [5, 5.41) is 0. The van der Waals surface area contributed by atoms with Crippen LogP contribution in [0.25, 0.3) is 0 Å². The van der Waals surface area contributed by atoms with Crippen molar-refractivity contribution in [2.45, 2.75) is 12.8 Å². The minimum atomic E-state index is 1.36. The van der Waals surface area contributed by atoms with Crippen molar-refractivity contribution < 1.29 is 0 Å². The van der Waals surface area contributed by atoms with Crippen molar-refractivity contribution in [1.82, 2.24) is 0 Å². The Kier molecular flexibility index (Phi) is 8.83. The van der Waals surface area contributed by atoms with Crippen LogP contribution in [0.1, 0.15) is 12.8 Å². The molecule has 1 aliphatic heterocycles. The highest BCUT2D eigenvalue weighted by Crippen LogP contribution is 2.07. The van der Waals surface area contributed by atoms with Gasteiger partial charge in [-0.15, -0.1) is 8.20 Å². The standard InChI is InChI=1S/C4H7P.BrI/c1-2-4-5-3-1;1-2/h3H,1-2,4H2;. The van der Waals surface area contributed by atoms with Gasteiger partial charge in [-0.05, 0) is 31.7 Å². The van der Waals surface area contributed by atoms with E-state index in [-0.39, 0.29) is 0 Å². The van der Waals surface area contributed by atoms with Crippen molar-refractivity contribution in [2.24, 2.45) is 0 Å². The Hall–Kier alpha value is 1.38. The second-order valence-electron chi connectivity index (χ2n) is 1.23. The third-order valence-corrected chi connectivity index (χ3v) is 1.84. The molecule has 0 aliphatic carbocycles. The molecule has 0 saturated carbocycles. The SMILES string of the molecule is BrI.C1=PCCC1. The highest BCUT2D eigenvalue weighted by molar-refractivity contribution is 14.2. The first-order valence-electron chi connectivity index (χ1n) is 2.13. The minimum absolute atomic E-state index is 1.36. The first-order chi connectivity index (χ1) is 3.50. The van der Waals surface area contributed by atoms with Crippen LogP contribution >= 0.6 is 41.3 Å². The summed E-state index contributed by atoms with van der Waals surface area (Å²) in [7, 11) is 1.57. The first-order valence-corrected chi connectivity index (χ1v) is 8.11. The van der Waals surface area contributed by atoms with E-state index < -0.39 is 0 Å². The molecule has 0 amide bonds. The average molecular weight is 293 g/mol. The Bertz CT molecular complexity index is 49.7. The Morgan fingerprint density at radius 1 is 1.57 bits per heavy atom. The largest absolute Gasteiger partial charge is 0.109 e. The lowest BCUT2D eigenvalue weighted by Crippen LogP contribution is -1.60. The van der Waals surface area contributed by atoms with Gasteiger partial charge in [0.25, 0.3) is 0 Å². The predicted octanol–water partition coefficient (Wildman–Crippen LogP) is 3.26. The minimum Gasteiger partial charge on any atom is -0.109 e. The summed E-state index contributed by atoms with van der Waals surface area (Å²) in [6.07, 6.45) is 4.21. The fourth-order valence-electron chi connectivity index (χ4n) is 0.456. The van der Waals surface area contributed by atoms with E-state index in [0.29, 0.717) is 0 Å². The molecule has 1 rings (SSSR count). The van der Waals surface area contributed by atoms with Crippen molar-refractivity contribution in [3.63, 3.8) is 0 Å². The molecule has 0 aromatic rings. The number of hydrogen-bond donors (Lipinski definition) is 0. The van der Waals surface area contributed by atoms with Crippen LogP contribution in [0.15, 0.2) is 0 Å². The Labute approximate surface area is 65.8 Å². The number of halogens is 2. The van der Waals surface area contributed by atoms with Gasteiger partial charge in [-0.25, -0.2) is 0 Å². The lowest BCUT2D eigenvalue weighted by atomic mass is 10.4. The van der Waals surface area contributed by atoms with Crippen LogP contribution in [-0.2, 0) is 0 Å². The monoisotopic (exact) mass is 292 g/mol. The van der Waals surface area contributed by atoms with E-state index >= 15 is 0 Å². The zero-order valence-electron chi connectivity index (χ0n) is 3.90. The maximum atomic E-state index is 2.91. The summed E-state index contributed by atoms with van der Waals surface area (Å²) in [6, 6.07) is 0. The smallest absolute Gasteiger partial charge is 0.00711 e. The van der Waals surface area contributed by atoms with E-state index in [1.807, 2.05) is 20.4 Å². The molecule has 1 heterocycles. The second kappa shape index (κ2) is 7.38. The van der Waals surface area contributed by atoms with Gasteiger partial charge in [0.15, 0.2) is 0 Å². The first kappa shape index (κ1) is 8.38. The Morgan fingerprint density at radius 2 is 2.29 bits per heavy atom. The Balaban J connectivity index is 0.000000162. The number of rotatable bonds is 0. The van der Waals surface area contributed by atoms with E-state index in [9.17, 15) is 0 Å². The van der Waals surface area contributed by atoms with E-state index in [1.54, 1.807) is 8.20 Å². The molecule has 42 valence electrons. The summed E-state index contributed by atoms with van der Waals surface area (Å²) in [4.78, 5) is 0. The highest BCUT2D eigenvalue weighted by Gasteiger charge is 1.85. The molecular weight excluding hydrogens is 286 g/mol. The molecule has 7 heavy (non-hydrogen) atoms. The summed E-state index contributed by atoms with van der Waals surface area (Å²) in [5.74, 6) is 2.33. The van der Waals surface area contributed by atoms with Gasteiger partial charge in [-0.1, -0.05) is 5.80 Å². The van der Waals surface area contributed by atoms with E-state index in [0.717, 1.165) is 0 Å². The van der Waals surface area contributed by atoms with Crippen LogP contribution < -0.4 is 0 Å². The van der Waals surface area contributed by atoms with Gasteiger partial charge in [-0.3, -0.25) is 0 Å². The second-order valence-corrected chi connectivity index (χ2v) is 2.41. The van der Waals surface area contributed by atoms with Crippen LogP contribution in [0.3, 0.4) is 0 Å². The molecule has 3 heteroatoms. The van der Waals surface area contributed by atoms with Crippen molar-refractivity contribution in [2.75, 3.05) is 6.16 Å². The van der Waals surface area contributed by atoms with Gasteiger partial charge < -0.3 is 0 Å². The Morgan fingerprint density at radius 3 is 2.43 bits per heavy atom. The lowest BCUT2D eigenvalue weighted by molar-refractivity contribution is 1.05. The third kappa shape index (κ3) is 5.25. The quantitative estimate of drug-likeness (QED) is 0.475. The van der Waals surface area contributed by atoms with E-state index in [2.05, 4.69) is 18.5 Å². The fraction of sp³-hybridized carbons (Fsp3) is 0.750. The molecule has 0 saturated heterocycles.